The van der Waals surface area contributed by atoms with Gasteiger partial charge in [0.05, 0.1) is 0 Å². The lowest BCUT2D eigenvalue weighted by Crippen LogP contribution is -2.19. The molecule has 1 rings (SSSR count). The third kappa shape index (κ3) is 1.73. The van der Waals surface area contributed by atoms with Crippen LogP contribution in [0.25, 0.3) is 0 Å². The van der Waals surface area contributed by atoms with E-state index in [1.54, 1.807) is 12.2 Å². The second kappa shape index (κ2) is 3.09. The van der Waals surface area contributed by atoms with E-state index in [1.807, 2.05) is 0 Å². The Bertz CT molecular complexity index is 242. The Morgan fingerprint density at radius 2 is 2.45 bits per heavy atom. The third-order valence-corrected chi connectivity index (χ3v) is 1.51. The average Bonchev–Trinajstić information content (AvgIpc) is 2.05. The first-order chi connectivity index (χ1) is 5.24. The minimum absolute atomic E-state index is 0.215. The van der Waals surface area contributed by atoms with Gasteiger partial charge in [0.25, 0.3) is 0 Å². The van der Waals surface area contributed by atoms with Gasteiger partial charge in [-0.2, -0.15) is 0 Å². The molecule has 0 N–H and O–H groups in total. The van der Waals surface area contributed by atoms with E-state index in [1.165, 1.54) is 6.08 Å². The molecule has 0 aliphatic heterocycles. The minimum Gasteiger partial charge on any atom is -0.298 e. The molecule has 0 aromatic rings. The molecule has 58 valence electrons. The third-order valence-electron chi connectivity index (χ3n) is 1.51. The summed E-state index contributed by atoms with van der Waals surface area (Å²) in [6, 6.07) is -0.722. The van der Waals surface area contributed by atoms with Crippen LogP contribution in [0, 0.1) is 10.1 Å². The summed E-state index contributed by atoms with van der Waals surface area (Å²) in [5.74, 6) is 0. The minimum atomic E-state index is -0.722. The summed E-state index contributed by atoms with van der Waals surface area (Å²) in [6.07, 6.45) is 5.48. The number of hydrogen-bond donors (Lipinski definition) is 0. The largest absolute Gasteiger partial charge is 0.298 e. The highest BCUT2D eigenvalue weighted by Gasteiger charge is 2.19. The number of hydrogen-bond acceptors (Lipinski definition) is 3. The standard InChI is InChI=1S/C7H7NO3/c9-5-6-2-1-3-7(4-6)8(10)11/h1-3,5,7H,4H2. The number of allylic oxidation sites excluding steroid dienone is 2. The number of nitro groups is 1. The molecular weight excluding hydrogens is 146 g/mol. The van der Waals surface area contributed by atoms with Gasteiger partial charge in [-0.15, -0.1) is 0 Å². The average molecular weight is 153 g/mol. The summed E-state index contributed by atoms with van der Waals surface area (Å²) < 4.78 is 0. The van der Waals surface area contributed by atoms with Gasteiger partial charge in [-0.25, -0.2) is 0 Å². The van der Waals surface area contributed by atoms with Gasteiger partial charge in [0.2, 0.25) is 6.04 Å². The summed E-state index contributed by atoms with van der Waals surface area (Å²) in [5, 5.41) is 10.2. The van der Waals surface area contributed by atoms with Crippen LogP contribution in [0.4, 0.5) is 0 Å². The van der Waals surface area contributed by atoms with E-state index in [9.17, 15) is 14.9 Å². The van der Waals surface area contributed by atoms with Crippen LogP contribution in [-0.4, -0.2) is 17.3 Å². The van der Waals surface area contributed by atoms with Crippen LogP contribution in [0.1, 0.15) is 6.42 Å². The van der Waals surface area contributed by atoms with Crippen molar-refractivity contribution in [2.24, 2.45) is 0 Å². The van der Waals surface area contributed by atoms with E-state index in [4.69, 9.17) is 0 Å². The first-order valence-electron chi connectivity index (χ1n) is 3.20. The summed E-state index contributed by atoms with van der Waals surface area (Å²) in [6.45, 7) is 0. The van der Waals surface area contributed by atoms with Crippen molar-refractivity contribution in [2.45, 2.75) is 12.5 Å². The lowest BCUT2D eigenvalue weighted by atomic mass is 10.0. The van der Waals surface area contributed by atoms with E-state index in [0.717, 1.165) is 0 Å². The maximum Gasteiger partial charge on any atom is 0.235 e. The van der Waals surface area contributed by atoms with Gasteiger partial charge >= 0.3 is 0 Å². The SMILES string of the molecule is O=CC1=CC=CC([N+](=O)[O-])C1. The highest BCUT2D eigenvalue weighted by Crippen LogP contribution is 2.12. The maximum atomic E-state index is 10.2. The van der Waals surface area contributed by atoms with Crippen molar-refractivity contribution in [3.8, 4) is 0 Å². The lowest BCUT2D eigenvalue weighted by molar-refractivity contribution is -0.508. The molecule has 0 spiro atoms. The molecule has 1 unspecified atom stereocenters. The van der Waals surface area contributed by atoms with Gasteiger partial charge < -0.3 is 0 Å². The first kappa shape index (κ1) is 7.65. The summed E-state index contributed by atoms with van der Waals surface area (Å²) >= 11 is 0. The van der Waals surface area contributed by atoms with Crippen molar-refractivity contribution >= 4 is 6.29 Å². The number of carbonyl (C=O) groups excluding carboxylic acids is 1. The summed E-state index contributed by atoms with van der Waals surface area (Å²) in [5.41, 5.74) is 0.481. The molecule has 0 aromatic carbocycles. The first-order valence-corrected chi connectivity index (χ1v) is 3.20. The molecule has 0 bridgehead atoms. The fourth-order valence-electron chi connectivity index (χ4n) is 0.917. The van der Waals surface area contributed by atoms with E-state index < -0.39 is 11.0 Å². The molecule has 1 aliphatic carbocycles. The van der Waals surface area contributed by atoms with Crippen LogP contribution >= 0.6 is 0 Å². The smallest absolute Gasteiger partial charge is 0.235 e. The van der Waals surface area contributed by atoms with Gasteiger partial charge in [-0.1, -0.05) is 12.2 Å². The molecule has 0 saturated carbocycles. The van der Waals surface area contributed by atoms with E-state index in [2.05, 4.69) is 0 Å². The van der Waals surface area contributed by atoms with Gasteiger partial charge in [0, 0.05) is 11.3 Å². The van der Waals surface area contributed by atoms with Crippen molar-refractivity contribution in [3.63, 3.8) is 0 Å². The fraction of sp³-hybridized carbons (Fsp3) is 0.286. The van der Waals surface area contributed by atoms with E-state index in [-0.39, 0.29) is 6.42 Å². The molecule has 0 fully saturated rings. The maximum absolute atomic E-state index is 10.2. The summed E-state index contributed by atoms with van der Waals surface area (Å²) in [4.78, 5) is 20.0. The second-order valence-corrected chi connectivity index (χ2v) is 2.30. The highest BCUT2D eigenvalue weighted by molar-refractivity contribution is 5.74. The fourth-order valence-corrected chi connectivity index (χ4v) is 0.917. The molecular formula is C7H7NO3. The van der Waals surface area contributed by atoms with Gasteiger partial charge in [0.15, 0.2) is 0 Å². The Labute approximate surface area is 63.4 Å². The van der Waals surface area contributed by atoms with Gasteiger partial charge in [0.1, 0.15) is 6.29 Å². The van der Waals surface area contributed by atoms with Gasteiger partial charge in [-0.3, -0.25) is 14.9 Å². The number of carbonyl (C=O) groups is 1. The zero-order valence-corrected chi connectivity index (χ0v) is 5.77. The van der Waals surface area contributed by atoms with E-state index >= 15 is 0 Å². The van der Waals surface area contributed by atoms with Crippen molar-refractivity contribution in [2.75, 3.05) is 0 Å². The molecule has 4 nitrogen and oxygen atoms in total. The van der Waals surface area contributed by atoms with Crippen molar-refractivity contribution in [1.29, 1.82) is 0 Å². The Balaban J connectivity index is 2.69. The molecule has 0 saturated heterocycles. The zero-order chi connectivity index (χ0) is 8.27. The monoisotopic (exact) mass is 153 g/mol. The van der Waals surface area contributed by atoms with Crippen molar-refractivity contribution in [3.05, 3.63) is 33.9 Å². The Hall–Kier alpha value is -1.45. The van der Waals surface area contributed by atoms with Crippen LogP contribution in [0.2, 0.25) is 0 Å². The molecule has 1 atom stereocenters. The van der Waals surface area contributed by atoms with Crippen LogP contribution in [0.15, 0.2) is 23.8 Å². The predicted octanol–water partition coefficient (Wildman–Crippen LogP) is 0.717. The number of aldehydes is 1. The van der Waals surface area contributed by atoms with E-state index in [0.29, 0.717) is 11.9 Å². The van der Waals surface area contributed by atoms with Crippen LogP contribution < -0.4 is 0 Å². The normalized spacial score (nSPS) is 22.5. The molecule has 4 heteroatoms. The lowest BCUT2D eigenvalue weighted by Gasteiger charge is -2.06. The molecule has 0 aromatic heterocycles. The molecule has 1 aliphatic rings. The Morgan fingerprint density at radius 1 is 1.73 bits per heavy atom. The van der Waals surface area contributed by atoms with Crippen LogP contribution in [0.3, 0.4) is 0 Å². The zero-order valence-electron chi connectivity index (χ0n) is 5.77. The van der Waals surface area contributed by atoms with Gasteiger partial charge in [-0.05, 0) is 11.6 Å². The molecule has 0 radical (unpaired) electrons. The Kier molecular flexibility index (Phi) is 2.15. The topological polar surface area (TPSA) is 60.2 Å². The number of rotatable bonds is 2. The second-order valence-electron chi connectivity index (χ2n) is 2.30. The Morgan fingerprint density at radius 3 is 3.00 bits per heavy atom. The van der Waals surface area contributed by atoms with Crippen LogP contribution in [-0.2, 0) is 4.79 Å². The summed E-state index contributed by atoms with van der Waals surface area (Å²) in [7, 11) is 0. The van der Waals surface area contributed by atoms with Crippen molar-refractivity contribution in [1.82, 2.24) is 0 Å². The van der Waals surface area contributed by atoms with Crippen molar-refractivity contribution < 1.29 is 9.72 Å². The predicted molar refractivity (Wildman–Crippen MR) is 38.7 cm³/mol. The number of nitrogens with zero attached hydrogens (tertiary/aromatic N) is 1. The van der Waals surface area contributed by atoms with Crippen LogP contribution in [0.5, 0.6) is 0 Å². The quantitative estimate of drug-likeness (QED) is 0.333. The molecule has 0 heterocycles. The molecule has 0 amide bonds. The highest BCUT2D eigenvalue weighted by atomic mass is 16.6. The molecule has 11 heavy (non-hydrogen) atoms.